The van der Waals surface area contributed by atoms with Gasteiger partial charge < -0.3 is 10.3 Å². The molecular weight excluding hydrogens is 212 g/mol. The molecule has 2 aromatic rings. The predicted octanol–water partition coefficient (Wildman–Crippen LogP) is 3.42. The number of rotatable bonds is 2. The van der Waals surface area contributed by atoms with Crippen LogP contribution in [0.25, 0.3) is 11.0 Å². The molecule has 0 amide bonds. The lowest BCUT2D eigenvalue weighted by Gasteiger charge is -2.10. The van der Waals surface area contributed by atoms with Crippen molar-refractivity contribution in [3.63, 3.8) is 0 Å². The van der Waals surface area contributed by atoms with Gasteiger partial charge in [-0.3, -0.25) is 0 Å². The van der Waals surface area contributed by atoms with E-state index < -0.39 is 0 Å². The smallest absolute Gasteiger partial charge is 0.143 e. The molecule has 0 aromatic carbocycles. The number of hydrogen-bond donors (Lipinski definition) is 2. The van der Waals surface area contributed by atoms with Crippen LogP contribution in [0.5, 0.6) is 0 Å². The summed E-state index contributed by atoms with van der Waals surface area (Å²) in [5.74, 6) is 1.71. The minimum Gasteiger partial charge on any atom is -0.367 e. The molecule has 0 atom stereocenters. The molecule has 0 aliphatic heterocycles. The van der Waals surface area contributed by atoms with Gasteiger partial charge in [0.2, 0.25) is 0 Å². The van der Waals surface area contributed by atoms with E-state index in [4.69, 9.17) is 0 Å². The van der Waals surface area contributed by atoms with Crippen LogP contribution in [0, 0.1) is 13.8 Å². The Kier molecular flexibility index (Phi) is 4.49. The molecule has 0 saturated heterocycles. The van der Waals surface area contributed by atoms with E-state index in [-0.39, 0.29) is 0 Å². The highest BCUT2D eigenvalue weighted by molar-refractivity contribution is 5.90. The molecule has 94 valence electrons. The average Bonchev–Trinajstić information content (AvgIpc) is 2.62. The summed E-state index contributed by atoms with van der Waals surface area (Å²) < 4.78 is 0. The third-order valence-electron chi connectivity index (χ3n) is 2.27. The summed E-state index contributed by atoms with van der Waals surface area (Å²) in [6.07, 6.45) is 1.96. The van der Waals surface area contributed by atoms with E-state index in [1.807, 2.05) is 27.0 Å². The summed E-state index contributed by atoms with van der Waals surface area (Å²) >= 11 is 0. The van der Waals surface area contributed by atoms with Crippen LogP contribution in [0.15, 0.2) is 6.20 Å². The average molecular weight is 234 g/mol. The molecule has 2 rings (SSSR count). The summed E-state index contributed by atoms with van der Waals surface area (Å²) in [5.41, 5.74) is 2.08. The standard InChI is InChI=1S/C11H16N4.C2H6/c1-6(2)13-11-9-7(3)5-12-10(9)14-8(4)15-11;1-2/h5-6H,1-4H3,(H2,12,13,14,15);1-2H3. The minimum atomic E-state index is 0.372. The first-order chi connectivity index (χ1) is 8.08. The molecule has 0 fully saturated rings. The Bertz CT molecular complexity index is 485. The van der Waals surface area contributed by atoms with Crippen LogP contribution in [-0.4, -0.2) is 21.0 Å². The van der Waals surface area contributed by atoms with Crippen molar-refractivity contribution in [3.8, 4) is 0 Å². The number of H-pyrrole nitrogens is 1. The van der Waals surface area contributed by atoms with Crippen molar-refractivity contribution in [2.45, 2.75) is 47.6 Å². The fourth-order valence-electron chi connectivity index (χ4n) is 1.68. The third kappa shape index (κ3) is 2.96. The molecular formula is C13H22N4. The molecule has 0 aliphatic rings. The summed E-state index contributed by atoms with van der Waals surface area (Å²) in [5, 5.41) is 4.44. The fourth-order valence-corrected chi connectivity index (χ4v) is 1.68. The molecule has 4 heteroatoms. The highest BCUT2D eigenvalue weighted by Gasteiger charge is 2.10. The van der Waals surface area contributed by atoms with Crippen LogP contribution in [0.4, 0.5) is 5.82 Å². The number of nitrogens with zero attached hydrogens (tertiary/aromatic N) is 2. The van der Waals surface area contributed by atoms with Gasteiger partial charge in [-0.05, 0) is 33.3 Å². The highest BCUT2D eigenvalue weighted by Crippen LogP contribution is 2.23. The van der Waals surface area contributed by atoms with Gasteiger partial charge in [0, 0.05) is 12.2 Å². The lowest BCUT2D eigenvalue weighted by molar-refractivity contribution is 0.886. The van der Waals surface area contributed by atoms with Crippen LogP contribution in [0.2, 0.25) is 0 Å². The number of nitrogens with one attached hydrogen (secondary N) is 2. The maximum atomic E-state index is 4.43. The normalized spacial score (nSPS) is 10.3. The number of anilines is 1. The Morgan fingerprint density at radius 3 is 2.41 bits per heavy atom. The number of aromatic nitrogens is 3. The number of hydrogen-bond acceptors (Lipinski definition) is 3. The number of aromatic amines is 1. The Hall–Kier alpha value is -1.58. The zero-order valence-corrected chi connectivity index (χ0v) is 11.5. The zero-order valence-electron chi connectivity index (χ0n) is 11.5. The second-order valence-electron chi connectivity index (χ2n) is 4.11. The van der Waals surface area contributed by atoms with Gasteiger partial charge in [-0.1, -0.05) is 13.8 Å². The van der Waals surface area contributed by atoms with E-state index in [1.165, 1.54) is 5.56 Å². The van der Waals surface area contributed by atoms with Gasteiger partial charge in [-0.15, -0.1) is 0 Å². The molecule has 2 heterocycles. The molecule has 2 N–H and O–H groups in total. The molecule has 0 bridgehead atoms. The third-order valence-corrected chi connectivity index (χ3v) is 2.27. The molecule has 0 aliphatic carbocycles. The van der Waals surface area contributed by atoms with E-state index >= 15 is 0 Å². The highest BCUT2D eigenvalue weighted by atomic mass is 15.1. The van der Waals surface area contributed by atoms with E-state index in [0.29, 0.717) is 6.04 Å². The zero-order chi connectivity index (χ0) is 13.0. The second kappa shape index (κ2) is 5.66. The topological polar surface area (TPSA) is 53.6 Å². The molecule has 2 aromatic heterocycles. The number of aryl methyl sites for hydroxylation is 2. The van der Waals surface area contributed by atoms with Crippen LogP contribution >= 0.6 is 0 Å². The van der Waals surface area contributed by atoms with Gasteiger partial charge in [0.1, 0.15) is 17.3 Å². The van der Waals surface area contributed by atoms with Crippen LogP contribution < -0.4 is 5.32 Å². The maximum absolute atomic E-state index is 4.43. The van der Waals surface area contributed by atoms with Crippen LogP contribution in [0.1, 0.15) is 39.1 Å². The Morgan fingerprint density at radius 1 is 1.18 bits per heavy atom. The van der Waals surface area contributed by atoms with Gasteiger partial charge in [0.15, 0.2) is 0 Å². The van der Waals surface area contributed by atoms with Gasteiger partial charge >= 0.3 is 0 Å². The van der Waals surface area contributed by atoms with Gasteiger partial charge in [-0.2, -0.15) is 0 Å². The van der Waals surface area contributed by atoms with Crippen LogP contribution in [0.3, 0.4) is 0 Å². The van der Waals surface area contributed by atoms with E-state index in [1.54, 1.807) is 0 Å². The van der Waals surface area contributed by atoms with Crippen molar-refractivity contribution in [2.24, 2.45) is 0 Å². The Labute approximate surface area is 103 Å². The van der Waals surface area contributed by atoms with E-state index in [2.05, 4.69) is 41.0 Å². The lowest BCUT2D eigenvalue weighted by Crippen LogP contribution is -2.12. The van der Waals surface area contributed by atoms with Crippen LogP contribution in [-0.2, 0) is 0 Å². The van der Waals surface area contributed by atoms with E-state index in [0.717, 1.165) is 22.7 Å². The molecule has 4 nitrogen and oxygen atoms in total. The Balaban J connectivity index is 0.000000686. The van der Waals surface area contributed by atoms with Crippen molar-refractivity contribution in [1.29, 1.82) is 0 Å². The SMILES string of the molecule is CC.Cc1nc(NC(C)C)c2c(C)c[nH]c2n1. The summed E-state index contributed by atoms with van der Waals surface area (Å²) in [4.78, 5) is 11.9. The summed E-state index contributed by atoms with van der Waals surface area (Å²) in [6.45, 7) is 12.2. The lowest BCUT2D eigenvalue weighted by atomic mass is 10.2. The van der Waals surface area contributed by atoms with Gasteiger partial charge in [0.25, 0.3) is 0 Å². The molecule has 17 heavy (non-hydrogen) atoms. The first kappa shape index (κ1) is 13.5. The van der Waals surface area contributed by atoms with Crippen molar-refractivity contribution in [3.05, 3.63) is 17.6 Å². The van der Waals surface area contributed by atoms with E-state index in [9.17, 15) is 0 Å². The fraction of sp³-hybridized carbons (Fsp3) is 0.538. The van der Waals surface area contributed by atoms with Crippen molar-refractivity contribution in [1.82, 2.24) is 15.0 Å². The largest absolute Gasteiger partial charge is 0.367 e. The maximum Gasteiger partial charge on any atom is 0.143 e. The summed E-state index contributed by atoms with van der Waals surface area (Å²) in [6, 6.07) is 0.372. The van der Waals surface area contributed by atoms with Crippen molar-refractivity contribution >= 4 is 16.9 Å². The Morgan fingerprint density at radius 2 is 1.82 bits per heavy atom. The molecule has 0 unspecified atom stereocenters. The molecule has 0 radical (unpaired) electrons. The van der Waals surface area contributed by atoms with Gasteiger partial charge in [0.05, 0.1) is 5.39 Å². The second-order valence-corrected chi connectivity index (χ2v) is 4.11. The van der Waals surface area contributed by atoms with Crippen molar-refractivity contribution in [2.75, 3.05) is 5.32 Å². The monoisotopic (exact) mass is 234 g/mol. The first-order valence-electron chi connectivity index (χ1n) is 6.17. The van der Waals surface area contributed by atoms with Gasteiger partial charge in [-0.25, -0.2) is 9.97 Å². The quantitative estimate of drug-likeness (QED) is 0.837. The first-order valence-corrected chi connectivity index (χ1v) is 6.17. The summed E-state index contributed by atoms with van der Waals surface area (Å²) in [7, 11) is 0. The minimum absolute atomic E-state index is 0.372. The molecule has 0 spiro atoms. The van der Waals surface area contributed by atoms with Crippen molar-refractivity contribution < 1.29 is 0 Å². The predicted molar refractivity (Wildman–Crippen MR) is 73.5 cm³/mol. The molecule has 0 saturated carbocycles. The number of fused-ring (bicyclic) bond motifs is 1.